The summed E-state index contributed by atoms with van der Waals surface area (Å²) in [5, 5.41) is 0. The summed E-state index contributed by atoms with van der Waals surface area (Å²) in [6.45, 7) is -0.136. The van der Waals surface area contributed by atoms with Crippen molar-refractivity contribution in [2.24, 2.45) is 0 Å². The highest BCUT2D eigenvalue weighted by molar-refractivity contribution is 6.11. The van der Waals surface area contributed by atoms with Crippen molar-refractivity contribution in [2.45, 2.75) is 6.61 Å². The average Bonchev–Trinajstić information content (AvgIpc) is 3.32. The van der Waals surface area contributed by atoms with Crippen LogP contribution in [-0.2, 0) is 11.3 Å². The van der Waals surface area contributed by atoms with Crippen molar-refractivity contribution in [1.29, 1.82) is 0 Å². The van der Waals surface area contributed by atoms with E-state index in [1.54, 1.807) is 37.5 Å². The zero-order valence-electron chi connectivity index (χ0n) is 16.9. The molecule has 1 heterocycles. The van der Waals surface area contributed by atoms with Crippen molar-refractivity contribution in [1.82, 2.24) is 4.98 Å². The first-order chi connectivity index (χ1) is 15.1. The number of esters is 1. The van der Waals surface area contributed by atoms with Gasteiger partial charge in [-0.1, -0.05) is 60.7 Å². The molecule has 0 bridgehead atoms. The minimum atomic E-state index is -0.620. The summed E-state index contributed by atoms with van der Waals surface area (Å²) in [6, 6.07) is 25.3. The van der Waals surface area contributed by atoms with Crippen LogP contribution in [0.5, 0.6) is 0 Å². The van der Waals surface area contributed by atoms with Gasteiger partial charge in [0, 0.05) is 18.3 Å². The fourth-order valence-electron chi connectivity index (χ4n) is 3.12. The molecule has 1 amide bonds. The Bertz CT molecular complexity index is 1190. The summed E-state index contributed by atoms with van der Waals surface area (Å²) < 4.78 is 11.0. The van der Waals surface area contributed by atoms with E-state index >= 15 is 0 Å². The molecule has 1 aromatic heterocycles. The van der Waals surface area contributed by atoms with E-state index in [-0.39, 0.29) is 29.5 Å². The van der Waals surface area contributed by atoms with Crippen molar-refractivity contribution in [3.05, 3.63) is 108 Å². The molecule has 0 radical (unpaired) electrons. The van der Waals surface area contributed by atoms with Crippen molar-refractivity contribution >= 4 is 17.6 Å². The molecule has 154 valence electrons. The minimum Gasteiger partial charge on any atom is -0.452 e. The number of anilines is 1. The van der Waals surface area contributed by atoms with Crippen LogP contribution in [0.2, 0.25) is 0 Å². The van der Waals surface area contributed by atoms with Crippen LogP contribution < -0.4 is 4.90 Å². The predicted molar refractivity (Wildman–Crippen MR) is 117 cm³/mol. The third kappa shape index (κ3) is 4.53. The molecule has 31 heavy (non-hydrogen) atoms. The molecule has 0 atom stereocenters. The summed E-state index contributed by atoms with van der Waals surface area (Å²) in [4.78, 5) is 31.4. The number of hydrogen-bond donors (Lipinski definition) is 0. The molecule has 0 spiro atoms. The molecule has 4 aromatic rings. The van der Waals surface area contributed by atoms with Crippen molar-refractivity contribution in [3.63, 3.8) is 0 Å². The van der Waals surface area contributed by atoms with Crippen LogP contribution >= 0.6 is 0 Å². The molecule has 4 rings (SSSR count). The fourth-order valence-corrected chi connectivity index (χ4v) is 3.12. The largest absolute Gasteiger partial charge is 0.452 e. The molecule has 0 aliphatic heterocycles. The predicted octanol–water partition coefficient (Wildman–Crippen LogP) is 4.98. The normalized spacial score (nSPS) is 10.5. The molecule has 0 saturated carbocycles. The Balaban J connectivity index is 1.47. The van der Waals surface area contributed by atoms with Gasteiger partial charge in [0.15, 0.2) is 12.4 Å². The number of hydrogen-bond acceptors (Lipinski definition) is 5. The minimum absolute atomic E-state index is 0.136. The van der Waals surface area contributed by atoms with E-state index < -0.39 is 5.97 Å². The third-order valence-electron chi connectivity index (χ3n) is 4.76. The SMILES string of the molecule is CN(C(=O)c1ccccc1C(=O)OCc1ncc(-c2ccccc2)o1)c1ccccc1. The summed E-state index contributed by atoms with van der Waals surface area (Å²) in [5.41, 5.74) is 2.05. The zero-order chi connectivity index (χ0) is 21.6. The van der Waals surface area contributed by atoms with Gasteiger partial charge in [-0.2, -0.15) is 0 Å². The van der Waals surface area contributed by atoms with Crippen molar-refractivity contribution < 1.29 is 18.7 Å². The van der Waals surface area contributed by atoms with E-state index in [9.17, 15) is 9.59 Å². The Labute approximate surface area is 179 Å². The Morgan fingerprint density at radius 1 is 0.871 bits per heavy atom. The maximum absolute atomic E-state index is 13.0. The number of carbonyl (C=O) groups is 2. The number of nitrogens with zero attached hydrogens (tertiary/aromatic N) is 2. The smallest absolute Gasteiger partial charge is 0.339 e. The molecule has 0 aliphatic carbocycles. The number of carbonyl (C=O) groups excluding carboxylic acids is 2. The summed E-state index contributed by atoms with van der Waals surface area (Å²) in [6.07, 6.45) is 1.59. The maximum atomic E-state index is 13.0. The van der Waals surface area contributed by atoms with Crippen LogP contribution in [0.4, 0.5) is 5.69 Å². The average molecular weight is 412 g/mol. The monoisotopic (exact) mass is 412 g/mol. The lowest BCUT2D eigenvalue weighted by atomic mass is 10.1. The maximum Gasteiger partial charge on any atom is 0.339 e. The van der Waals surface area contributed by atoms with Gasteiger partial charge < -0.3 is 14.1 Å². The van der Waals surface area contributed by atoms with Gasteiger partial charge in [-0.15, -0.1) is 0 Å². The molecule has 6 nitrogen and oxygen atoms in total. The van der Waals surface area contributed by atoms with Crippen LogP contribution in [0.3, 0.4) is 0 Å². The van der Waals surface area contributed by atoms with Gasteiger partial charge >= 0.3 is 5.97 Å². The van der Waals surface area contributed by atoms with Crippen LogP contribution in [0.25, 0.3) is 11.3 Å². The fraction of sp³-hybridized carbons (Fsp3) is 0.0800. The second-order valence-corrected chi connectivity index (χ2v) is 6.81. The summed E-state index contributed by atoms with van der Waals surface area (Å²) in [5.74, 6) is -0.0600. The first-order valence-corrected chi connectivity index (χ1v) is 9.73. The van der Waals surface area contributed by atoms with E-state index in [1.165, 1.54) is 4.90 Å². The second-order valence-electron chi connectivity index (χ2n) is 6.81. The van der Waals surface area contributed by atoms with E-state index in [2.05, 4.69) is 4.98 Å². The first-order valence-electron chi connectivity index (χ1n) is 9.73. The highest BCUT2D eigenvalue weighted by Gasteiger charge is 2.22. The molecule has 0 aliphatic rings. The zero-order valence-corrected chi connectivity index (χ0v) is 16.9. The molecule has 3 aromatic carbocycles. The summed E-state index contributed by atoms with van der Waals surface area (Å²) in [7, 11) is 1.66. The third-order valence-corrected chi connectivity index (χ3v) is 4.76. The van der Waals surface area contributed by atoms with Gasteiger partial charge in [0.2, 0.25) is 5.89 Å². The molecule has 0 unspecified atom stereocenters. The van der Waals surface area contributed by atoms with Crippen LogP contribution in [-0.4, -0.2) is 23.9 Å². The first kappa shape index (κ1) is 20.1. The lowest BCUT2D eigenvalue weighted by molar-refractivity contribution is 0.0436. The standard InChI is InChI=1S/C25H20N2O4/c1-27(19-12-6-3-7-13-19)24(28)20-14-8-9-15-21(20)25(29)30-17-23-26-16-22(31-23)18-10-4-2-5-11-18/h2-16H,17H2,1H3. The van der Waals surface area contributed by atoms with Gasteiger partial charge in [0.05, 0.1) is 17.3 Å². The number of amides is 1. The Morgan fingerprint density at radius 3 is 2.19 bits per heavy atom. The van der Waals surface area contributed by atoms with Crippen LogP contribution in [0.15, 0.2) is 95.5 Å². The number of benzene rings is 3. The van der Waals surface area contributed by atoms with Gasteiger partial charge in [0.1, 0.15) is 0 Å². The summed E-state index contributed by atoms with van der Waals surface area (Å²) >= 11 is 0. The topological polar surface area (TPSA) is 72.6 Å². The van der Waals surface area contributed by atoms with E-state index in [4.69, 9.17) is 9.15 Å². The van der Waals surface area contributed by atoms with Gasteiger partial charge in [-0.25, -0.2) is 9.78 Å². The van der Waals surface area contributed by atoms with E-state index in [0.29, 0.717) is 5.76 Å². The number of ether oxygens (including phenoxy) is 1. The number of rotatable bonds is 6. The number of oxazole rings is 1. The lowest BCUT2D eigenvalue weighted by Crippen LogP contribution is -2.28. The Morgan fingerprint density at radius 2 is 1.48 bits per heavy atom. The lowest BCUT2D eigenvalue weighted by Gasteiger charge is -2.18. The molecular weight excluding hydrogens is 392 g/mol. The van der Waals surface area contributed by atoms with E-state index in [0.717, 1.165) is 11.3 Å². The van der Waals surface area contributed by atoms with E-state index in [1.807, 2.05) is 60.7 Å². The molecule has 6 heteroatoms. The quantitative estimate of drug-likeness (QED) is 0.418. The highest BCUT2D eigenvalue weighted by Crippen LogP contribution is 2.21. The molecule has 0 saturated heterocycles. The van der Waals surface area contributed by atoms with Crippen LogP contribution in [0.1, 0.15) is 26.6 Å². The van der Waals surface area contributed by atoms with Gasteiger partial charge in [-0.05, 0) is 24.3 Å². The molecule has 0 fully saturated rings. The van der Waals surface area contributed by atoms with Crippen molar-refractivity contribution in [2.75, 3.05) is 11.9 Å². The highest BCUT2D eigenvalue weighted by atomic mass is 16.5. The number of aromatic nitrogens is 1. The van der Waals surface area contributed by atoms with Gasteiger partial charge in [0.25, 0.3) is 5.91 Å². The van der Waals surface area contributed by atoms with Crippen molar-refractivity contribution in [3.8, 4) is 11.3 Å². The number of para-hydroxylation sites is 1. The van der Waals surface area contributed by atoms with Gasteiger partial charge in [-0.3, -0.25) is 4.79 Å². The Hall–Kier alpha value is -4.19. The second kappa shape index (κ2) is 9.09. The Kier molecular flexibility index (Phi) is 5.89. The molecular formula is C25H20N2O4. The van der Waals surface area contributed by atoms with Crippen LogP contribution in [0, 0.1) is 0 Å². The molecule has 0 N–H and O–H groups in total.